The second-order valence-electron chi connectivity index (χ2n) is 6.46. The van der Waals surface area contributed by atoms with E-state index in [4.69, 9.17) is 16.3 Å². The largest absolute Gasteiger partial charge is 0.497 e. The van der Waals surface area contributed by atoms with E-state index in [-0.39, 0.29) is 11.1 Å². The highest BCUT2D eigenvalue weighted by Gasteiger charge is 2.30. The first kappa shape index (κ1) is 20.0. The minimum atomic E-state index is -4.40. The molecule has 10 heteroatoms. The van der Waals surface area contributed by atoms with Crippen LogP contribution in [0.25, 0.3) is 16.8 Å². The van der Waals surface area contributed by atoms with Gasteiger partial charge in [-0.1, -0.05) is 11.6 Å². The van der Waals surface area contributed by atoms with Gasteiger partial charge < -0.3 is 10.1 Å². The molecular weight excluding hydrogens is 419 g/mol. The van der Waals surface area contributed by atoms with Crippen LogP contribution in [0.15, 0.2) is 48.7 Å². The standard InChI is InChI=1S/C20H15ClF3N5O/c1-11-18(16-9-14(30-2)7-8-29(16)28-11)15-10-17(21)27-19(26-15)25-13-5-3-12(4-6-13)20(22,23)24/h3-10H,1-2H3,(H,25,26,27). The van der Waals surface area contributed by atoms with E-state index in [2.05, 4.69) is 20.4 Å². The van der Waals surface area contributed by atoms with Gasteiger partial charge in [-0.3, -0.25) is 0 Å². The maximum Gasteiger partial charge on any atom is 0.416 e. The maximum absolute atomic E-state index is 12.7. The van der Waals surface area contributed by atoms with Crippen LogP contribution in [0.3, 0.4) is 0 Å². The van der Waals surface area contributed by atoms with Crippen LogP contribution in [0.1, 0.15) is 11.3 Å². The number of ether oxygens (including phenoxy) is 1. The molecular formula is C20H15ClF3N5O. The number of methoxy groups -OCH3 is 1. The Kier molecular flexibility index (Phi) is 4.98. The SMILES string of the molecule is COc1ccn2nc(C)c(-c3cc(Cl)nc(Nc4ccc(C(F)(F)F)cc4)n3)c2c1. The van der Waals surface area contributed by atoms with Crippen LogP contribution in [0.2, 0.25) is 5.15 Å². The van der Waals surface area contributed by atoms with E-state index in [1.165, 1.54) is 12.1 Å². The van der Waals surface area contributed by atoms with E-state index < -0.39 is 11.7 Å². The highest BCUT2D eigenvalue weighted by atomic mass is 35.5. The summed E-state index contributed by atoms with van der Waals surface area (Å²) in [6, 6.07) is 9.78. The molecule has 4 rings (SSSR count). The van der Waals surface area contributed by atoms with Gasteiger partial charge in [0.05, 0.1) is 29.6 Å². The van der Waals surface area contributed by atoms with E-state index in [1.807, 2.05) is 13.0 Å². The van der Waals surface area contributed by atoms with E-state index in [0.29, 0.717) is 17.1 Å². The molecule has 4 aromatic rings. The van der Waals surface area contributed by atoms with Crippen LogP contribution in [-0.4, -0.2) is 26.7 Å². The first-order chi connectivity index (χ1) is 14.2. The van der Waals surface area contributed by atoms with Crippen molar-refractivity contribution in [1.29, 1.82) is 0 Å². The molecule has 0 radical (unpaired) electrons. The third-order valence-electron chi connectivity index (χ3n) is 4.44. The van der Waals surface area contributed by atoms with Crippen LogP contribution in [0, 0.1) is 6.92 Å². The number of pyridine rings is 1. The maximum atomic E-state index is 12.7. The molecule has 0 aliphatic heterocycles. The van der Waals surface area contributed by atoms with Gasteiger partial charge in [-0.15, -0.1) is 0 Å². The fourth-order valence-electron chi connectivity index (χ4n) is 3.06. The molecule has 0 aliphatic carbocycles. The number of hydrogen-bond acceptors (Lipinski definition) is 5. The van der Waals surface area contributed by atoms with E-state index in [1.54, 1.807) is 30.0 Å². The number of halogens is 4. The van der Waals surface area contributed by atoms with Crippen molar-refractivity contribution in [2.45, 2.75) is 13.1 Å². The summed E-state index contributed by atoms with van der Waals surface area (Å²) in [5.41, 5.74) is 2.41. The number of fused-ring (bicyclic) bond motifs is 1. The number of benzene rings is 1. The highest BCUT2D eigenvalue weighted by Crippen LogP contribution is 2.32. The molecule has 0 bridgehead atoms. The minimum Gasteiger partial charge on any atom is -0.497 e. The molecule has 0 amide bonds. The van der Waals surface area contributed by atoms with Crippen LogP contribution in [-0.2, 0) is 6.18 Å². The summed E-state index contributed by atoms with van der Waals surface area (Å²) in [7, 11) is 1.57. The van der Waals surface area contributed by atoms with E-state index in [9.17, 15) is 13.2 Å². The lowest BCUT2D eigenvalue weighted by molar-refractivity contribution is -0.137. The second-order valence-corrected chi connectivity index (χ2v) is 6.84. The van der Waals surface area contributed by atoms with Crippen LogP contribution in [0.5, 0.6) is 5.75 Å². The van der Waals surface area contributed by atoms with E-state index in [0.717, 1.165) is 28.9 Å². The molecule has 6 nitrogen and oxygen atoms in total. The summed E-state index contributed by atoms with van der Waals surface area (Å²) in [5.74, 6) is 0.811. The number of aryl methyl sites for hydroxylation is 1. The van der Waals surface area contributed by atoms with Gasteiger partial charge in [-0.2, -0.15) is 18.3 Å². The van der Waals surface area contributed by atoms with Crippen molar-refractivity contribution >= 4 is 28.8 Å². The van der Waals surface area contributed by atoms with Crippen LogP contribution < -0.4 is 10.1 Å². The van der Waals surface area contributed by atoms with Crippen molar-refractivity contribution in [2.24, 2.45) is 0 Å². The Balaban J connectivity index is 1.72. The molecule has 154 valence electrons. The van der Waals surface area contributed by atoms with Crippen LogP contribution in [0.4, 0.5) is 24.8 Å². The highest BCUT2D eigenvalue weighted by molar-refractivity contribution is 6.29. The monoisotopic (exact) mass is 433 g/mol. The quantitative estimate of drug-likeness (QED) is 0.429. The molecule has 0 aliphatic rings. The summed E-state index contributed by atoms with van der Waals surface area (Å²) >= 11 is 6.19. The smallest absolute Gasteiger partial charge is 0.416 e. The van der Waals surface area contributed by atoms with Crippen molar-refractivity contribution in [1.82, 2.24) is 19.6 Å². The van der Waals surface area contributed by atoms with E-state index >= 15 is 0 Å². The van der Waals surface area contributed by atoms with Crippen molar-refractivity contribution in [3.8, 4) is 17.0 Å². The number of nitrogens with one attached hydrogen (secondary N) is 1. The Bertz CT molecular complexity index is 1220. The Morgan fingerprint density at radius 1 is 1.07 bits per heavy atom. The molecule has 0 saturated carbocycles. The number of rotatable bonds is 4. The summed E-state index contributed by atoms with van der Waals surface area (Å²) in [5, 5.41) is 7.54. The topological polar surface area (TPSA) is 64.3 Å². The Morgan fingerprint density at radius 2 is 1.80 bits per heavy atom. The predicted molar refractivity (Wildman–Crippen MR) is 107 cm³/mol. The Hall–Kier alpha value is -3.33. The lowest BCUT2D eigenvalue weighted by Crippen LogP contribution is -2.05. The zero-order chi connectivity index (χ0) is 21.5. The van der Waals surface area contributed by atoms with Crippen molar-refractivity contribution in [3.63, 3.8) is 0 Å². The van der Waals surface area contributed by atoms with Gasteiger partial charge in [-0.05, 0) is 37.3 Å². The average molecular weight is 434 g/mol. The van der Waals surface area contributed by atoms with Gasteiger partial charge in [0.2, 0.25) is 5.95 Å². The first-order valence-corrected chi connectivity index (χ1v) is 9.14. The number of anilines is 2. The first-order valence-electron chi connectivity index (χ1n) is 8.77. The number of aromatic nitrogens is 4. The normalized spacial score (nSPS) is 11.7. The number of alkyl halides is 3. The Labute approximate surface area is 174 Å². The molecule has 0 atom stereocenters. The molecule has 30 heavy (non-hydrogen) atoms. The molecule has 1 aromatic carbocycles. The van der Waals surface area contributed by atoms with Gasteiger partial charge in [0.1, 0.15) is 10.9 Å². The molecule has 1 N–H and O–H groups in total. The summed E-state index contributed by atoms with van der Waals surface area (Å²) in [6.07, 6.45) is -2.63. The van der Waals surface area contributed by atoms with Crippen molar-refractivity contribution in [3.05, 3.63) is 65.1 Å². The number of hydrogen-bond donors (Lipinski definition) is 1. The zero-order valence-corrected chi connectivity index (χ0v) is 16.6. The third-order valence-corrected chi connectivity index (χ3v) is 4.63. The molecule has 0 spiro atoms. The van der Waals surface area contributed by atoms with Crippen LogP contribution >= 0.6 is 11.6 Å². The molecule has 0 saturated heterocycles. The average Bonchev–Trinajstić information content (AvgIpc) is 3.02. The van der Waals surface area contributed by atoms with Gasteiger partial charge in [0.15, 0.2) is 0 Å². The molecule has 3 aromatic heterocycles. The van der Waals surface area contributed by atoms with Crippen molar-refractivity contribution in [2.75, 3.05) is 12.4 Å². The fraction of sp³-hybridized carbons (Fsp3) is 0.150. The third kappa shape index (κ3) is 3.88. The molecule has 3 heterocycles. The zero-order valence-electron chi connectivity index (χ0n) is 15.8. The van der Waals surface area contributed by atoms with Gasteiger partial charge in [0.25, 0.3) is 0 Å². The number of nitrogens with zero attached hydrogens (tertiary/aromatic N) is 4. The lowest BCUT2D eigenvalue weighted by atomic mass is 10.1. The second kappa shape index (κ2) is 7.49. The van der Waals surface area contributed by atoms with Gasteiger partial charge >= 0.3 is 6.18 Å². The minimum absolute atomic E-state index is 0.152. The molecule has 0 fully saturated rings. The Morgan fingerprint density at radius 3 is 2.47 bits per heavy atom. The summed E-state index contributed by atoms with van der Waals surface area (Å²) in [6.45, 7) is 1.84. The molecule has 0 unspecified atom stereocenters. The summed E-state index contributed by atoms with van der Waals surface area (Å²) < 4.78 is 45.2. The lowest BCUT2D eigenvalue weighted by Gasteiger charge is -2.10. The van der Waals surface area contributed by atoms with Gasteiger partial charge in [-0.25, -0.2) is 14.5 Å². The van der Waals surface area contributed by atoms with Crippen molar-refractivity contribution < 1.29 is 17.9 Å². The predicted octanol–water partition coefficient (Wildman–Crippen LogP) is 5.52. The van der Waals surface area contributed by atoms with Gasteiger partial charge in [0, 0.05) is 29.6 Å². The fourth-order valence-corrected chi connectivity index (χ4v) is 3.24. The summed E-state index contributed by atoms with van der Waals surface area (Å²) in [4.78, 5) is 8.61.